The normalized spacial score (nSPS) is 18.1. The summed E-state index contributed by atoms with van der Waals surface area (Å²) in [5.74, 6) is 0. The number of hydrogen-bond donors (Lipinski definition) is 0. The molecule has 0 N–H and O–H groups in total. The van der Waals surface area contributed by atoms with E-state index in [-0.39, 0.29) is 0 Å². The zero-order chi connectivity index (χ0) is 11.9. The van der Waals surface area contributed by atoms with Crippen LogP contribution in [0, 0.1) is 11.3 Å². The first kappa shape index (κ1) is 12.1. The number of nitriles is 1. The second-order valence-corrected chi connectivity index (χ2v) is 4.86. The van der Waals surface area contributed by atoms with Crippen LogP contribution in [0.1, 0.15) is 43.2 Å². The molecule has 0 bridgehead atoms. The molecule has 1 aliphatic rings. The van der Waals surface area contributed by atoms with Crippen molar-refractivity contribution in [3.63, 3.8) is 0 Å². The topological polar surface area (TPSA) is 27.0 Å². The van der Waals surface area contributed by atoms with E-state index in [2.05, 4.69) is 17.0 Å². The lowest BCUT2D eigenvalue weighted by molar-refractivity contribution is 0.240. The molecule has 0 amide bonds. The smallest absolute Gasteiger partial charge is 0.0991 e. The predicted molar refractivity (Wildman–Crippen MR) is 69.5 cm³/mol. The first-order chi connectivity index (χ1) is 8.38. The predicted octanol–water partition coefficient (Wildman–Crippen LogP) is 3.32. The Kier molecular flexibility index (Phi) is 4.58. The van der Waals surface area contributed by atoms with Gasteiger partial charge in [0.25, 0.3) is 0 Å². The summed E-state index contributed by atoms with van der Waals surface area (Å²) < 4.78 is 0. The van der Waals surface area contributed by atoms with Crippen molar-refractivity contribution < 1.29 is 0 Å². The summed E-state index contributed by atoms with van der Waals surface area (Å²) in [6.07, 6.45) is 6.77. The molecule has 0 aromatic heterocycles. The fourth-order valence-electron chi connectivity index (χ4n) is 2.47. The van der Waals surface area contributed by atoms with Crippen LogP contribution < -0.4 is 0 Å². The van der Waals surface area contributed by atoms with Crippen LogP contribution in [0.25, 0.3) is 0 Å². The van der Waals surface area contributed by atoms with E-state index in [1.54, 1.807) is 0 Å². The average Bonchev–Trinajstić information content (AvgIpc) is 2.33. The van der Waals surface area contributed by atoms with Gasteiger partial charge in [-0.25, -0.2) is 0 Å². The molecule has 2 heteroatoms. The molecule has 1 aromatic carbocycles. The maximum atomic E-state index is 8.89. The molecule has 2 rings (SSSR count). The Bertz CT molecular complexity index is 384. The third-order valence-corrected chi connectivity index (χ3v) is 3.41. The zero-order valence-electron chi connectivity index (χ0n) is 10.4. The van der Waals surface area contributed by atoms with Crippen LogP contribution in [-0.4, -0.2) is 18.0 Å². The van der Waals surface area contributed by atoms with Gasteiger partial charge in [0.15, 0.2) is 0 Å². The van der Waals surface area contributed by atoms with Gasteiger partial charge < -0.3 is 0 Å². The lowest BCUT2D eigenvalue weighted by Crippen LogP contribution is -2.26. The fraction of sp³-hybridized carbons (Fsp3) is 0.533. The minimum atomic E-state index is 0.773. The first-order valence-corrected chi connectivity index (χ1v) is 6.60. The molecule has 17 heavy (non-hydrogen) atoms. The van der Waals surface area contributed by atoms with Crippen molar-refractivity contribution in [1.82, 2.24) is 4.90 Å². The van der Waals surface area contributed by atoms with E-state index in [9.17, 15) is 0 Å². The Hall–Kier alpha value is -1.33. The summed E-state index contributed by atoms with van der Waals surface area (Å²) in [5, 5.41) is 8.89. The maximum Gasteiger partial charge on any atom is 0.0991 e. The molecule has 0 spiro atoms. The van der Waals surface area contributed by atoms with E-state index in [0.29, 0.717) is 0 Å². The fourth-order valence-corrected chi connectivity index (χ4v) is 2.47. The molecular formula is C15H20N2. The number of rotatable bonds is 2. The molecule has 2 nitrogen and oxygen atoms in total. The van der Waals surface area contributed by atoms with Crippen molar-refractivity contribution in [3.05, 3.63) is 35.4 Å². The first-order valence-electron chi connectivity index (χ1n) is 6.60. The molecule has 0 radical (unpaired) electrons. The monoisotopic (exact) mass is 228 g/mol. The number of nitrogens with zero attached hydrogens (tertiary/aromatic N) is 2. The van der Waals surface area contributed by atoms with E-state index < -0.39 is 0 Å². The molecule has 0 aliphatic carbocycles. The highest BCUT2D eigenvalue weighted by atomic mass is 15.1. The van der Waals surface area contributed by atoms with Crippen LogP contribution in [-0.2, 0) is 6.54 Å². The Morgan fingerprint density at radius 3 is 2.47 bits per heavy atom. The van der Waals surface area contributed by atoms with Crippen molar-refractivity contribution in [2.45, 2.75) is 38.6 Å². The summed E-state index contributed by atoms with van der Waals surface area (Å²) in [6.45, 7) is 3.41. The van der Waals surface area contributed by atoms with Gasteiger partial charge in [0.2, 0.25) is 0 Å². The van der Waals surface area contributed by atoms with Crippen molar-refractivity contribution in [2.24, 2.45) is 0 Å². The second-order valence-electron chi connectivity index (χ2n) is 4.86. The van der Waals surface area contributed by atoms with E-state index in [1.165, 1.54) is 50.8 Å². The van der Waals surface area contributed by atoms with Crippen LogP contribution in [0.2, 0.25) is 0 Å². The van der Waals surface area contributed by atoms with Gasteiger partial charge in [0, 0.05) is 6.54 Å². The van der Waals surface area contributed by atoms with Crippen LogP contribution in [0.3, 0.4) is 0 Å². The summed E-state index contributed by atoms with van der Waals surface area (Å²) in [7, 11) is 0. The summed E-state index contributed by atoms with van der Waals surface area (Å²) >= 11 is 0. The molecule has 1 saturated heterocycles. The summed E-state index contributed by atoms with van der Waals surface area (Å²) in [4.78, 5) is 2.52. The van der Waals surface area contributed by atoms with E-state index >= 15 is 0 Å². The van der Waals surface area contributed by atoms with Crippen molar-refractivity contribution >= 4 is 0 Å². The van der Waals surface area contributed by atoms with Crippen LogP contribution >= 0.6 is 0 Å². The highest BCUT2D eigenvalue weighted by Crippen LogP contribution is 2.14. The SMILES string of the molecule is N#Cc1cccc(CN2CCCCCCC2)c1. The van der Waals surface area contributed by atoms with Gasteiger partial charge in [-0.2, -0.15) is 5.26 Å². The van der Waals surface area contributed by atoms with Crippen LogP contribution in [0.15, 0.2) is 24.3 Å². The quantitative estimate of drug-likeness (QED) is 0.776. The van der Waals surface area contributed by atoms with Crippen molar-refractivity contribution in [1.29, 1.82) is 5.26 Å². The largest absolute Gasteiger partial charge is 0.299 e. The highest BCUT2D eigenvalue weighted by Gasteiger charge is 2.08. The van der Waals surface area contributed by atoms with E-state index in [4.69, 9.17) is 5.26 Å². The molecule has 0 atom stereocenters. The standard InChI is InChI=1S/C15H20N2/c16-12-14-7-6-8-15(11-14)13-17-9-4-2-1-3-5-10-17/h6-8,11H,1-5,9-10,13H2. The Balaban J connectivity index is 1.96. The van der Waals surface area contributed by atoms with Gasteiger partial charge in [-0.3, -0.25) is 4.90 Å². The summed E-state index contributed by atoms with van der Waals surface area (Å²) in [5.41, 5.74) is 2.04. The van der Waals surface area contributed by atoms with Gasteiger partial charge in [-0.1, -0.05) is 31.4 Å². The molecule has 0 unspecified atom stereocenters. The Morgan fingerprint density at radius 2 is 1.76 bits per heavy atom. The third kappa shape index (κ3) is 3.87. The van der Waals surface area contributed by atoms with E-state index in [1.807, 2.05) is 18.2 Å². The Labute approximate surface area is 104 Å². The summed E-state index contributed by atoms with van der Waals surface area (Å²) in [6, 6.07) is 10.2. The molecule has 1 heterocycles. The molecule has 1 aliphatic heterocycles. The third-order valence-electron chi connectivity index (χ3n) is 3.41. The average molecular weight is 228 g/mol. The minimum absolute atomic E-state index is 0.773. The highest BCUT2D eigenvalue weighted by molar-refractivity contribution is 5.32. The molecule has 90 valence electrons. The number of likely N-dealkylation sites (tertiary alicyclic amines) is 1. The van der Waals surface area contributed by atoms with Gasteiger partial charge in [-0.05, 0) is 43.6 Å². The molecule has 1 fully saturated rings. The van der Waals surface area contributed by atoms with Crippen LogP contribution in [0.5, 0.6) is 0 Å². The van der Waals surface area contributed by atoms with Crippen molar-refractivity contribution in [2.75, 3.05) is 13.1 Å². The molecule has 0 saturated carbocycles. The number of benzene rings is 1. The van der Waals surface area contributed by atoms with E-state index in [0.717, 1.165) is 12.1 Å². The molecule has 1 aromatic rings. The van der Waals surface area contributed by atoms with Gasteiger partial charge in [-0.15, -0.1) is 0 Å². The number of hydrogen-bond acceptors (Lipinski definition) is 2. The maximum absolute atomic E-state index is 8.89. The lowest BCUT2D eigenvalue weighted by atomic mass is 10.1. The van der Waals surface area contributed by atoms with Gasteiger partial charge in [0.1, 0.15) is 0 Å². The van der Waals surface area contributed by atoms with Crippen LogP contribution in [0.4, 0.5) is 0 Å². The van der Waals surface area contributed by atoms with Gasteiger partial charge >= 0.3 is 0 Å². The minimum Gasteiger partial charge on any atom is -0.299 e. The zero-order valence-corrected chi connectivity index (χ0v) is 10.4. The second kappa shape index (κ2) is 6.42. The van der Waals surface area contributed by atoms with Gasteiger partial charge in [0.05, 0.1) is 11.6 Å². The lowest BCUT2D eigenvalue weighted by Gasteiger charge is -2.24. The molecular weight excluding hydrogens is 208 g/mol. The Morgan fingerprint density at radius 1 is 1.06 bits per heavy atom. The van der Waals surface area contributed by atoms with Crippen molar-refractivity contribution in [3.8, 4) is 6.07 Å².